The van der Waals surface area contributed by atoms with Crippen molar-refractivity contribution in [3.05, 3.63) is 23.8 Å². The lowest BCUT2D eigenvalue weighted by Gasteiger charge is -2.32. The minimum atomic E-state index is -0.522. The van der Waals surface area contributed by atoms with Crippen molar-refractivity contribution < 1.29 is 4.79 Å². The molecule has 2 aliphatic heterocycles. The standard InChI is InChI=1S/C16H24N4O/c1-3-11-10-19(2)7-4-8-20(11)12-5-6-13-14(9-12)18-16(21)15(13)17/h5-6,9,11,15H,3-4,7-8,10,17H2,1-2H3,(H,18,21). The van der Waals surface area contributed by atoms with E-state index in [1.807, 2.05) is 6.07 Å². The number of benzene rings is 1. The summed E-state index contributed by atoms with van der Waals surface area (Å²) in [5, 5.41) is 2.88. The van der Waals surface area contributed by atoms with Crippen molar-refractivity contribution in [2.45, 2.75) is 31.8 Å². The predicted octanol–water partition coefficient (Wildman–Crippen LogP) is 1.56. The lowest BCUT2D eigenvalue weighted by Crippen LogP contribution is -2.39. The van der Waals surface area contributed by atoms with Gasteiger partial charge in [-0.05, 0) is 38.6 Å². The molecule has 0 radical (unpaired) electrons. The molecule has 114 valence electrons. The number of nitrogens with zero attached hydrogens (tertiary/aromatic N) is 2. The molecule has 21 heavy (non-hydrogen) atoms. The molecule has 0 saturated carbocycles. The zero-order chi connectivity index (χ0) is 15.0. The normalized spacial score (nSPS) is 26.4. The number of anilines is 2. The zero-order valence-electron chi connectivity index (χ0n) is 12.8. The molecule has 0 aliphatic carbocycles. The first-order chi connectivity index (χ1) is 10.1. The van der Waals surface area contributed by atoms with Crippen LogP contribution in [0.3, 0.4) is 0 Å². The zero-order valence-corrected chi connectivity index (χ0v) is 12.8. The summed E-state index contributed by atoms with van der Waals surface area (Å²) in [6, 6.07) is 6.17. The summed E-state index contributed by atoms with van der Waals surface area (Å²) >= 11 is 0. The van der Waals surface area contributed by atoms with Gasteiger partial charge in [-0.2, -0.15) is 0 Å². The van der Waals surface area contributed by atoms with Gasteiger partial charge in [-0.15, -0.1) is 0 Å². The number of amides is 1. The Morgan fingerprint density at radius 2 is 2.19 bits per heavy atom. The van der Waals surface area contributed by atoms with Crippen LogP contribution in [0.25, 0.3) is 0 Å². The van der Waals surface area contributed by atoms with Crippen molar-refractivity contribution in [2.24, 2.45) is 5.73 Å². The number of carbonyl (C=O) groups excluding carboxylic acids is 1. The fourth-order valence-electron chi connectivity index (χ4n) is 3.39. The summed E-state index contributed by atoms with van der Waals surface area (Å²) in [5.41, 5.74) is 8.85. The summed E-state index contributed by atoms with van der Waals surface area (Å²) in [6.45, 7) is 5.52. The minimum Gasteiger partial charge on any atom is -0.367 e. The van der Waals surface area contributed by atoms with Gasteiger partial charge in [-0.1, -0.05) is 13.0 Å². The Morgan fingerprint density at radius 1 is 1.38 bits per heavy atom. The molecule has 1 fully saturated rings. The van der Waals surface area contributed by atoms with Crippen molar-refractivity contribution >= 4 is 17.3 Å². The van der Waals surface area contributed by atoms with Gasteiger partial charge in [-0.3, -0.25) is 4.79 Å². The molecule has 1 aromatic carbocycles. The Labute approximate surface area is 126 Å². The van der Waals surface area contributed by atoms with Crippen LogP contribution in [0.4, 0.5) is 11.4 Å². The van der Waals surface area contributed by atoms with E-state index in [2.05, 4.69) is 41.2 Å². The van der Waals surface area contributed by atoms with Crippen LogP contribution < -0.4 is 16.0 Å². The van der Waals surface area contributed by atoms with Gasteiger partial charge >= 0.3 is 0 Å². The maximum Gasteiger partial charge on any atom is 0.245 e. The number of hydrogen-bond donors (Lipinski definition) is 2. The fraction of sp³-hybridized carbons (Fsp3) is 0.562. The van der Waals surface area contributed by atoms with Crippen molar-refractivity contribution in [1.82, 2.24) is 4.90 Å². The summed E-state index contributed by atoms with van der Waals surface area (Å²) in [6.07, 6.45) is 2.28. The second kappa shape index (κ2) is 5.66. The van der Waals surface area contributed by atoms with E-state index < -0.39 is 6.04 Å². The molecule has 3 N–H and O–H groups in total. The van der Waals surface area contributed by atoms with Gasteiger partial charge in [0.1, 0.15) is 6.04 Å². The molecule has 3 rings (SSSR count). The Kier molecular flexibility index (Phi) is 3.87. The molecule has 5 nitrogen and oxygen atoms in total. The third-order valence-electron chi connectivity index (χ3n) is 4.62. The highest BCUT2D eigenvalue weighted by Crippen LogP contribution is 2.34. The van der Waals surface area contributed by atoms with E-state index in [1.54, 1.807) is 0 Å². The SMILES string of the molecule is CCC1CN(C)CCCN1c1ccc2c(c1)NC(=O)C2N. The molecular weight excluding hydrogens is 264 g/mol. The third-order valence-corrected chi connectivity index (χ3v) is 4.62. The molecular formula is C16H24N4O. The number of carbonyl (C=O) groups is 1. The highest BCUT2D eigenvalue weighted by atomic mass is 16.2. The monoisotopic (exact) mass is 288 g/mol. The van der Waals surface area contributed by atoms with Gasteiger partial charge in [0.05, 0.1) is 0 Å². The summed E-state index contributed by atoms with van der Waals surface area (Å²) in [7, 11) is 2.19. The maximum absolute atomic E-state index is 11.7. The highest BCUT2D eigenvalue weighted by molar-refractivity contribution is 6.02. The Balaban J connectivity index is 1.89. The Morgan fingerprint density at radius 3 is 2.95 bits per heavy atom. The van der Waals surface area contributed by atoms with Crippen LogP contribution in [-0.2, 0) is 4.79 Å². The Bertz CT molecular complexity index is 545. The van der Waals surface area contributed by atoms with E-state index in [9.17, 15) is 4.79 Å². The summed E-state index contributed by atoms with van der Waals surface area (Å²) in [4.78, 5) is 16.6. The largest absolute Gasteiger partial charge is 0.367 e. The van der Waals surface area contributed by atoms with Crippen LogP contribution in [0.2, 0.25) is 0 Å². The van der Waals surface area contributed by atoms with Crippen molar-refractivity contribution in [1.29, 1.82) is 0 Å². The highest BCUT2D eigenvalue weighted by Gasteiger charge is 2.29. The van der Waals surface area contributed by atoms with Crippen LogP contribution in [0.15, 0.2) is 18.2 Å². The first-order valence-corrected chi connectivity index (χ1v) is 7.75. The number of rotatable bonds is 2. The molecule has 1 saturated heterocycles. The van der Waals surface area contributed by atoms with E-state index in [-0.39, 0.29) is 5.91 Å². The van der Waals surface area contributed by atoms with Gasteiger partial charge in [0.2, 0.25) is 5.91 Å². The van der Waals surface area contributed by atoms with Gasteiger partial charge in [0.15, 0.2) is 0 Å². The lowest BCUT2D eigenvalue weighted by atomic mass is 10.1. The van der Waals surface area contributed by atoms with Crippen molar-refractivity contribution in [3.63, 3.8) is 0 Å². The van der Waals surface area contributed by atoms with Gasteiger partial charge in [0, 0.05) is 36.1 Å². The molecule has 2 unspecified atom stereocenters. The van der Waals surface area contributed by atoms with Gasteiger partial charge in [0.25, 0.3) is 0 Å². The maximum atomic E-state index is 11.7. The summed E-state index contributed by atoms with van der Waals surface area (Å²) < 4.78 is 0. The summed E-state index contributed by atoms with van der Waals surface area (Å²) in [5.74, 6) is -0.107. The number of hydrogen-bond acceptors (Lipinski definition) is 4. The first-order valence-electron chi connectivity index (χ1n) is 7.75. The second-order valence-corrected chi connectivity index (χ2v) is 6.11. The molecule has 0 spiro atoms. The van der Waals surface area contributed by atoms with Crippen LogP contribution in [0.5, 0.6) is 0 Å². The van der Waals surface area contributed by atoms with Crippen LogP contribution >= 0.6 is 0 Å². The fourth-order valence-corrected chi connectivity index (χ4v) is 3.39. The lowest BCUT2D eigenvalue weighted by molar-refractivity contribution is -0.116. The predicted molar refractivity (Wildman–Crippen MR) is 85.5 cm³/mol. The number of fused-ring (bicyclic) bond motifs is 1. The van der Waals surface area contributed by atoms with E-state index in [0.29, 0.717) is 6.04 Å². The molecule has 2 heterocycles. The molecule has 1 amide bonds. The number of nitrogens with one attached hydrogen (secondary N) is 1. The molecule has 5 heteroatoms. The molecule has 1 aromatic rings. The molecule has 2 aliphatic rings. The second-order valence-electron chi connectivity index (χ2n) is 6.11. The smallest absolute Gasteiger partial charge is 0.245 e. The van der Waals surface area contributed by atoms with E-state index in [1.165, 1.54) is 5.69 Å². The number of likely N-dealkylation sites (N-methyl/N-ethyl adjacent to an activating group) is 1. The van der Waals surface area contributed by atoms with Crippen LogP contribution in [0.1, 0.15) is 31.4 Å². The minimum absolute atomic E-state index is 0.107. The van der Waals surface area contributed by atoms with Crippen LogP contribution in [-0.4, -0.2) is 43.5 Å². The van der Waals surface area contributed by atoms with Crippen molar-refractivity contribution in [3.8, 4) is 0 Å². The van der Waals surface area contributed by atoms with Gasteiger partial charge in [-0.25, -0.2) is 0 Å². The van der Waals surface area contributed by atoms with E-state index in [4.69, 9.17) is 5.73 Å². The Hall–Kier alpha value is -1.59. The quantitative estimate of drug-likeness (QED) is 0.867. The van der Waals surface area contributed by atoms with E-state index in [0.717, 1.165) is 43.7 Å². The van der Waals surface area contributed by atoms with Crippen molar-refractivity contribution in [2.75, 3.05) is 36.9 Å². The van der Waals surface area contributed by atoms with E-state index >= 15 is 0 Å². The van der Waals surface area contributed by atoms with Gasteiger partial charge < -0.3 is 20.9 Å². The first kappa shape index (κ1) is 14.4. The topological polar surface area (TPSA) is 61.6 Å². The number of nitrogens with two attached hydrogens (primary N) is 1. The van der Waals surface area contributed by atoms with Crippen LogP contribution in [0, 0.1) is 0 Å². The molecule has 0 bridgehead atoms. The average molecular weight is 288 g/mol. The average Bonchev–Trinajstić information content (AvgIpc) is 2.65. The third kappa shape index (κ3) is 2.63. The molecule has 2 atom stereocenters. The molecule has 0 aromatic heterocycles.